The second-order valence-corrected chi connectivity index (χ2v) is 5.40. The Balaban J connectivity index is 4.88. The molecule has 2 amide bonds. The minimum atomic E-state index is -0.786. The topological polar surface area (TPSA) is 87.6 Å². The van der Waals surface area contributed by atoms with E-state index < -0.39 is 10.8 Å². The average molecular weight is 261 g/mol. The van der Waals surface area contributed by atoms with Crippen molar-refractivity contribution in [3.63, 3.8) is 0 Å². The molecule has 7 heteroatoms. The smallest absolute Gasteiger partial charge is 0.244 e. The molecule has 0 aliphatic rings. The second kappa shape index (κ2) is 7.26. The van der Waals surface area contributed by atoms with Crippen molar-refractivity contribution in [2.24, 2.45) is 4.58 Å². The number of hydrogen-bond acceptors (Lipinski definition) is 5. The number of hydrogen-bond donors (Lipinski definition) is 2. The summed E-state index contributed by atoms with van der Waals surface area (Å²) < 4.78 is 1.95. The summed E-state index contributed by atoms with van der Waals surface area (Å²) in [6.45, 7) is 7.33. The van der Waals surface area contributed by atoms with E-state index in [1.165, 1.54) is 0 Å². The van der Waals surface area contributed by atoms with Gasteiger partial charge in [-0.3, -0.25) is 9.59 Å². The van der Waals surface area contributed by atoms with Gasteiger partial charge in [-0.05, 0) is 20.8 Å². The van der Waals surface area contributed by atoms with Gasteiger partial charge in [-0.15, -0.1) is 4.91 Å². The summed E-state index contributed by atoms with van der Waals surface area (Å²) in [4.78, 5) is 33.5. The van der Waals surface area contributed by atoms with Gasteiger partial charge in [0.1, 0.15) is 6.04 Å². The van der Waals surface area contributed by atoms with E-state index in [2.05, 4.69) is 15.2 Å². The van der Waals surface area contributed by atoms with Crippen molar-refractivity contribution >= 4 is 23.8 Å². The highest BCUT2D eigenvalue weighted by Crippen LogP contribution is 2.29. The maximum atomic E-state index is 11.8. The van der Waals surface area contributed by atoms with Gasteiger partial charge in [-0.25, -0.2) is 0 Å². The first kappa shape index (κ1) is 15.9. The van der Waals surface area contributed by atoms with Crippen molar-refractivity contribution in [2.45, 2.75) is 44.9 Å². The van der Waals surface area contributed by atoms with Crippen LogP contribution in [-0.4, -0.2) is 29.1 Å². The fraction of sp³-hybridized carbons (Fsp3) is 0.800. The Kier molecular flexibility index (Phi) is 6.79. The highest BCUT2D eigenvalue weighted by molar-refractivity contribution is 7.99. The summed E-state index contributed by atoms with van der Waals surface area (Å²) in [5.41, 5.74) is 0. The van der Waals surface area contributed by atoms with E-state index in [0.29, 0.717) is 6.54 Å². The third kappa shape index (κ3) is 5.16. The van der Waals surface area contributed by atoms with E-state index in [9.17, 15) is 14.5 Å². The zero-order chi connectivity index (χ0) is 13.5. The van der Waals surface area contributed by atoms with Crippen LogP contribution in [0.15, 0.2) is 4.58 Å². The highest BCUT2D eigenvalue weighted by Gasteiger charge is 2.37. The minimum Gasteiger partial charge on any atom is -0.355 e. The Morgan fingerprint density at radius 1 is 1.35 bits per heavy atom. The molecule has 1 unspecified atom stereocenters. The summed E-state index contributed by atoms with van der Waals surface area (Å²) in [5, 5.41) is 5.23. The van der Waals surface area contributed by atoms with Crippen LogP contribution in [0.2, 0.25) is 0 Å². The third-order valence-corrected chi connectivity index (χ3v) is 2.99. The maximum absolute atomic E-state index is 11.8. The van der Waals surface area contributed by atoms with Crippen molar-refractivity contribution in [1.82, 2.24) is 10.6 Å². The van der Waals surface area contributed by atoms with E-state index >= 15 is 0 Å². The van der Waals surface area contributed by atoms with E-state index in [-0.39, 0.29) is 18.2 Å². The Morgan fingerprint density at radius 3 is 2.35 bits per heavy atom. The Bertz CT molecular complexity index is 295. The number of amides is 2. The molecule has 0 heterocycles. The van der Waals surface area contributed by atoms with Gasteiger partial charge in [0.15, 0.2) is 0 Å². The quantitative estimate of drug-likeness (QED) is 0.532. The molecule has 1 atom stereocenters. The SMILES string of the molecule is CCNC(=O)C(NC(=O)CC)C(C)(C)SN=O. The molecule has 0 spiro atoms. The Morgan fingerprint density at radius 2 is 1.94 bits per heavy atom. The van der Waals surface area contributed by atoms with Gasteiger partial charge in [0.05, 0.1) is 4.75 Å². The molecule has 0 aromatic rings. The number of rotatable bonds is 7. The first-order chi connectivity index (χ1) is 7.88. The van der Waals surface area contributed by atoms with E-state index in [0.717, 1.165) is 11.9 Å². The molecule has 0 aliphatic carbocycles. The Hall–Kier alpha value is -1.11. The molecule has 0 aliphatic heterocycles. The lowest BCUT2D eigenvalue weighted by atomic mass is 10.0. The summed E-state index contributed by atoms with van der Waals surface area (Å²) in [7, 11) is 0. The lowest BCUT2D eigenvalue weighted by Crippen LogP contribution is -2.56. The highest BCUT2D eigenvalue weighted by atomic mass is 32.2. The van der Waals surface area contributed by atoms with Crippen molar-refractivity contribution in [2.75, 3.05) is 6.54 Å². The van der Waals surface area contributed by atoms with Crippen LogP contribution in [-0.2, 0) is 9.59 Å². The van der Waals surface area contributed by atoms with Gasteiger partial charge in [-0.1, -0.05) is 6.92 Å². The molecule has 98 valence electrons. The zero-order valence-electron chi connectivity index (χ0n) is 10.6. The molecule has 0 aromatic heterocycles. The van der Waals surface area contributed by atoms with Crippen molar-refractivity contribution < 1.29 is 9.59 Å². The molecule has 0 bridgehead atoms. The number of likely N-dealkylation sites (N-methyl/N-ethyl adjacent to an activating group) is 1. The summed E-state index contributed by atoms with van der Waals surface area (Å²) in [6.07, 6.45) is 0.283. The minimum absolute atomic E-state index is 0.235. The molecule has 0 radical (unpaired) electrons. The normalized spacial score (nSPS) is 12.7. The lowest BCUT2D eigenvalue weighted by Gasteiger charge is -2.30. The van der Waals surface area contributed by atoms with Gasteiger partial charge < -0.3 is 10.6 Å². The molecule has 0 saturated heterocycles. The predicted octanol–water partition coefficient (Wildman–Crippen LogP) is 1.21. The summed E-state index contributed by atoms with van der Waals surface area (Å²) in [5.74, 6) is -0.545. The van der Waals surface area contributed by atoms with Crippen molar-refractivity contribution in [3.05, 3.63) is 4.91 Å². The van der Waals surface area contributed by atoms with Crippen LogP contribution in [0.3, 0.4) is 0 Å². The van der Waals surface area contributed by atoms with Gasteiger partial charge in [0.2, 0.25) is 11.8 Å². The maximum Gasteiger partial charge on any atom is 0.244 e. The van der Waals surface area contributed by atoms with Crippen LogP contribution in [0.4, 0.5) is 0 Å². The van der Waals surface area contributed by atoms with E-state index in [1.807, 2.05) is 0 Å². The predicted molar refractivity (Wildman–Crippen MR) is 68.4 cm³/mol. The molecule has 0 rings (SSSR count). The van der Waals surface area contributed by atoms with Crippen LogP contribution in [0.1, 0.15) is 34.1 Å². The first-order valence-electron chi connectivity index (χ1n) is 5.46. The van der Waals surface area contributed by atoms with Crippen LogP contribution < -0.4 is 10.6 Å². The first-order valence-corrected chi connectivity index (χ1v) is 6.24. The largest absolute Gasteiger partial charge is 0.355 e. The fourth-order valence-corrected chi connectivity index (χ4v) is 1.71. The van der Waals surface area contributed by atoms with E-state index in [1.54, 1.807) is 27.7 Å². The average Bonchev–Trinajstić information content (AvgIpc) is 2.25. The van der Waals surface area contributed by atoms with E-state index in [4.69, 9.17) is 0 Å². The number of nitrogens with zero attached hydrogens (tertiary/aromatic N) is 1. The van der Waals surface area contributed by atoms with Gasteiger partial charge in [0, 0.05) is 29.5 Å². The van der Waals surface area contributed by atoms with Crippen molar-refractivity contribution in [1.29, 1.82) is 0 Å². The second-order valence-electron chi connectivity index (χ2n) is 4.02. The zero-order valence-corrected chi connectivity index (χ0v) is 11.4. The van der Waals surface area contributed by atoms with Gasteiger partial charge >= 0.3 is 0 Å². The molecule has 0 saturated carbocycles. The third-order valence-electron chi connectivity index (χ3n) is 2.21. The molecular formula is C10H19N3O3S. The standard InChI is InChI=1S/C10H19N3O3S/c1-5-7(14)12-8(9(15)11-6-2)10(3,4)17-13-16/h8H,5-6H2,1-4H3,(H,11,15)(H,12,14). The fourth-order valence-electron chi connectivity index (χ4n) is 1.24. The molecule has 0 fully saturated rings. The van der Waals surface area contributed by atoms with Gasteiger partial charge in [-0.2, -0.15) is 0 Å². The molecule has 17 heavy (non-hydrogen) atoms. The van der Waals surface area contributed by atoms with Crippen LogP contribution in [0, 0.1) is 4.91 Å². The molecule has 0 aromatic carbocycles. The lowest BCUT2D eigenvalue weighted by molar-refractivity contribution is -0.129. The number of carbonyl (C=O) groups is 2. The van der Waals surface area contributed by atoms with Gasteiger partial charge in [0.25, 0.3) is 0 Å². The monoisotopic (exact) mass is 261 g/mol. The van der Waals surface area contributed by atoms with Crippen LogP contribution >= 0.6 is 11.9 Å². The van der Waals surface area contributed by atoms with Crippen LogP contribution in [0.5, 0.6) is 0 Å². The number of carbonyl (C=O) groups excluding carboxylic acids is 2. The molecule has 6 nitrogen and oxygen atoms in total. The summed E-state index contributed by atoms with van der Waals surface area (Å²) in [6, 6.07) is -0.780. The summed E-state index contributed by atoms with van der Waals surface area (Å²) >= 11 is 0.742. The Labute approximate surface area is 105 Å². The molecule has 2 N–H and O–H groups in total. The number of nitrogens with one attached hydrogen (secondary N) is 2. The van der Waals surface area contributed by atoms with Crippen molar-refractivity contribution in [3.8, 4) is 0 Å². The molecular weight excluding hydrogens is 242 g/mol. The van der Waals surface area contributed by atoms with Crippen LogP contribution in [0.25, 0.3) is 0 Å². The number of nitroso groups, excluding NO2 is 1.